The molecule has 2 rings (SSSR count). The van der Waals surface area contributed by atoms with Crippen molar-refractivity contribution in [3.8, 4) is 5.75 Å². The quantitative estimate of drug-likeness (QED) is 0.806. The fraction of sp³-hybridized carbons (Fsp3) is 0.250. The van der Waals surface area contributed by atoms with Crippen LogP contribution in [0.1, 0.15) is 30.5 Å². The number of hydrogen-bond acceptors (Lipinski definition) is 2. The molecular formula is C16H17BrFNO. The van der Waals surface area contributed by atoms with E-state index in [0.717, 1.165) is 27.7 Å². The second-order valence-corrected chi connectivity index (χ2v) is 5.68. The summed E-state index contributed by atoms with van der Waals surface area (Å²) in [4.78, 5) is 0. The molecule has 0 saturated carbocycles. The van der Waals surface area contributed by atoms with Gasteiger partial charge in [-0.2, -0.15) is 0 Å². The van der Waals surface area contributed by atoms with Crippen LogP contribution in [0.5, 0.6) is 5.75 Å². The molecule has 0 aliphatic carbocycles. The summed E-state index contributed by atoms with van der Waals surface area (Å²) in [5.41, 5.74) is 2.54. The lowest BCUT2D eigenvalue weighted by molar-refractivity contribution is 0.462. The van der Waals surface area contributed by atoms with Gasteiger partial charge in [-0.25, -0.2) is 4.39 Å². The van der Waals surface area contributed by atoms with E-state index in [9.17, 15) is 9.50 Å². The fourth-order valence-corrected chi connectivity index (χ4v) is 2.56. The lowest BCUT2D eigenvalue weighted by atomic mass is 10.0. The lowest BCUT2D eigenvalue weighted by Crippen LogP contribution is -2.11. The maximum atomic E-state index is 13.1. The highest BCUT2D eigenvalue weighted by molar-refractivity contribution is 9.10. The SMILES string of the molecule is CCC(Nc1ccc(F)cc1C)c1cc(Br)ccc1O. The van der Waals surface area contributed by atoms with E-state index in [1.165, 1.54) is 12.1 Å². The van der Waals surface area contributed by atoms with E-state index in [1.54, 1.807) is 18.2 Å². The van der Waals surface area contributed by atoms with Gasteiger partial charge in [-0.3, -0.25) is 0 Å². The van der Waals surface area contributed by atoms with Crippen molar-refractivity contribution < 1.29 is 9.50 Å². The number of aromatic hydroxyl groups is 1. The van der Waals surface area contributed by atoms with Crippen molar-refractivity contribution >= 4 is 21.6 Å². The van der Waals surface area contributed by atoms with Crippen molar-refractivity contribution in [2.45, 2.75) is 26.3 Å². The minimum absolute atomic E-state index is 0.0309. The van der Waals surface area contributed by atoms with Crippen molar-refractivity contribution in [1.82, 2.24) is 0 Å². The van der Waals surface area contributed by atoms with Crippen LogP contribution in [-0.4, -0.2) is 5.11 Å². The Morgan fingerprint density at radius 1 is 1.25 bits per heavy atom. The highest BCUT2D eigenvalue weighted by Crippen LogP contribution is 2.32. The first-order valence-electron chi connectivity index (χ1n) is 6.52. The molecule has 2 aromatic carbocycles. The Bertz CT molecular complexity index is 615. The Kier molecular flexibility index (Phi) is 4.65. The van der Waals surface area contributed by atoms with Gasteiger partial charge < -0.3 is 10.4 Å². The first kappa shape index (κ1) is 14.9. The predicted molar refractivity (Wildman–Crippen MR) is 83.6 cm³/mol. The molecular weight excluding hydrogens is 321 g/mol. The van der Waals surface area contributed by atoms with Crippen LogP contribution in [0.15, 0.2) is 40.9 Å². The molecule has 0 spiro atoms. The summed E-state index contributed by atoms with van der Waals surface area (Å²) >= 11 is 3.41. The van der Waals surface area contributed by atoms with Crippen LogP contribution in [0.2, 0.25) is 0 Å². The van der Waals surface area contributed by atoms with Gasteiger partial charge in [-0.05, 0) is 55.3 Å². The highest BCUT2D eigenvalue weighted by atomic mass is 79.9. The summed E-state index contributed by atoms with van der Waals surface area (Å²) < 4.78 is 14.1. The molecule has 0 bridgehead atoms. The largest absolute Gasteiger partial charge is 0.508 e. The summed E-state index contributed by atoms with van der Waals surface area (Å²) in [6, 6.07) is 9.99. The summed E-state index contributed by atoms with van der Waals surface area (Å²) in [6.45, 7) is 3.90. The number of aryl methyl sites for hydroxylation is 1. The number of phenols is 1. The number of rotatable bonds is 4. The summed E-state index contributed by atoms with van der Waals surface area (Å²) in [5, 5.41) is 13.4. The van der Waals surface area contributed by atoms with E-state index < -0.39 is 0 Å². The normalized spacial score (nSPS) is 12.2. The topological polar surface area (TPSA) is 32.3 Å². The Labute approximate surface area is 126 Å². The van der Waals surface area contributed by atoms with E-state index in [-0.39, 0.29) is 17.6 Å². The Balaban J connectivity index is 2.31. The van der Waals surface area contributed by atoms with Crippen molar-refractivity contribution in [2.24, 2.45) is 0 Å². The number of nitrogens with one attached hydrogen (secondary N) is 1. The standard InChI is InChI=1S/C16H17BrFNO/c1-3-14(13-9-11(17)4-7-16(13)20)19-15-6-5-12(18)8-10(15)2/h4-9,14,19-20H,3H2,1-2H3. The Morgan fingerprint density at radius 3 is 2.65 bits per heavy atom. The number of halogens is 2. The molecule has 0 amide bonds. The van der Waals surface area contributed by atoms with E-state index in [0.29, 0.717) is 0 Å². The van der Waals surface area contributed by atoms with Gasteiger partial charge in [0.2, 0.25) is 0 Å². The first-order valence-corrected chi connectivity index (χ1v) is 7.31. The molecule has 2 nitrogen and oxygen atoms in total. The zero-order valence-corrected chi connectivity index (χ0v) is 13.0. The van der Waals surface area contributed by atoms with Crippen LogP contribution in [0.25, 0.3) is 0 Å². The molecule has 0 radical (unpaired) electrons. The molecule has 2 N–H and O–H groups in total. The Hall–Kier alpha value is -1.55. The van der Waals surface area contributed by atoms with E-state index in [1.807, 2.05) is 19.9 Å². The zero-order chi connectivity index (χ0) is 14.7. The summed E-state index contributed by atoms with van der Waals surface area (Å²) in [5.74, 6) is 0.0127. The molecule has 20 heavy (non-hydrogen) atoms. The van der Waals surface area contributed by atoms with Crippen LogP contribution in [0.3, 0.4) is 0 Å². The molecule has 1 atom stereocenters. The first-order chi connectivity index (χ1) is 9.51. The second-order valence-electron chi connectivity index (χ2n) is 4.77. The van der Waals surface area contributed by atoms with Gasteiger partial charge in [0.1, 0.15) is 11.6 Å². The monoisotopic (exact) mass is 337 g/mol. The second kappa shape index (κ2) is 6.27. The van der Waals surface area contributed by atoms with Crippen LogP contribution < -0.4 is 5.32 Å². The summed E-state index contributed by atoms with van der Waals surface area (Å²) in [7, 11) is 0. The maximum Gasteiger partial charge on any atom is 0.123 e. The van der Waals surface area contributed by atoms with Crippen LogP contribution in [0.4, 0.5) is 10.1 Å². The molecule has 106 valence electrons. The van der Waals surface area contributed by atoms with Crippen molar-refractivity contribution in [3.63, 3.8) is 0 Å². The van der Waals surface area contributed by atoms with Gasteiger partial charge in [-0.1, -0.05) is 22.9 Å². The van der Waals surface area contributed by atoms with Gasteiger partial charge in [0.25, 0.3) is 0 Å². The van der Waals surface area contributed by atoms with Gasteiger partial charge >= 0.3 is 0 Å². The van der Waals surface area contributed by atoms with Crippen LogP contribution >= 0.6 is 15.9 Å². The van der Waals surface area contributed by atoms with Crippen molar-refractivity contribution in [1.29, 1.82) is 0 Å². The minimum atomic E-state index is -0.244. The van der Waals surface area contributed by atoms with Crippen LogP contribution in [0, 0.1) is 12.7 Å². The van der Waals surface area contributed by atoms with Gasteiger partial charge in [0.05, 0.1) is 6.04 Å². The molecule has 0 aromatic heterocycles. The lowest BCUT2D eigenvalue weighted by Gasteiger charge is -2.21. The number of benzene rings is 2. The third kappa shape index (κ3) is 3.31. The van der Waals surface area contributed by atoms with Crippen molar-refractivity contribution in [3.05, 3.63) is 57.8 Å². The molecule has 0 aliphatic heterocycles. The zero-order valence-electron chi connectivity index (χ0n) is 11.5. The smallest absolute Gasteiger partial charge is 0.123 e. The maximum absolute atomic E-state index is 13.1. The minimum Gasteiger partial charge on any atom is -0.508 e. The molecule has 0 heterocycles. The number of hydrogen-bond donors (Lipinski definition) is 2. The van der Waals surface area contributed by atoms with E-state index in [4.69, 9.17) is 0 Å². The summed E-state index contributed by atoms with van der Waals surface area (Å²) in [6.07, 6.45) is 0.806. The molecule has 2 aromatic rings. The van der Waals surface area contributed by atoms with Gasteiger partial charge in [0.15, 0.2) is 0 Å². The average molecular weight is 338 g/mol. The molecule has 0 saturated heterocycles. The highest BCUT2D eigenvalue weighted by Gasteiger charge is 2.15. The van der Waals surface area contributed by atoms with Crippen LogP contribution in [-0.2, 0) is 0 Å². The third-order valence-corrected chi connectivity index (χ3v) is 3.78. The van der Waals surface area contributed by atoms with E-state index in [2.05, 4.69) is 21.2 Å². The van der Waals surface area contributed by atoms with Gasteiger partial charge in [-0.15, -0.1) is 0 Å². The fourth-order valence-electron chi connectivity index (χ4n) is 2.18. The van der Waals surface area contributed by atoms with Gasteiger partial charge in [0, 0.05) is 15.7 Å². The predicted octanol–water partition coefficient (Wildman–Crippen LogP) is 5.17. The molecule has 4 heteroatoms. The molecule has 0 fully saturated rings. The van der Waals surface area contributed by atoms with E-state index >= 15 is 0 Å². The average Bonchev–Trinajstić information content (AvgIpc) is 2.41. The number of anilines is 1. The molecule has 1 unspecified atom stereocenters. The Morgan fingerprint density at radius 2 is 2.00 bits per heavy atom. The molecule has 0 aliphatic rings. The third-order valence-electron chi connectivity index (χ3n) is 3.29. The van der Waals surface area contributed by atoms with Crippen molar-refractivity contribution in [2.75, 3.05) is 5.32 Å². The number of phenolic OH excluding ortho intramolecular Hbond substituents is 1.